The molecule has 1 N–H and O–H groups in total. The van der Waals surface area contributed by atoms with Gasteiger partial charge in [0.1, 0.15) is 5.00 Å². The minimum Gasteiger partial charge on any atom is -0.465 e. The van der Waals surface area contributed by atoms with Crippen LogP contribution < -0.4 is 5.32 Å². The molecule has 0 saturated carbocycles. The summed E-state index contributed by atoms with van der Waals surface area (Å²) in [6.07, 6.45) is 4.26. The molecule has 3 rings (SSSR count). The Balaban J connectivity index is 1.96. The summed E-state index contributed by atoms with van der Waals surface area (Å²) in [7, 11) is 1.36. The van der Waals surface area contributed by atoms with Gasteiger partial charge in [0.25, 0.3) is 5.91 Å². The molecule has 0 saturated heterocycles. The zero-order valence-electron chi connectivity index (χ0n) is 12.5. The first-order valence-corrected chi connectivity index (χ1v) is 7.99. The first kappa shape index (κ1) is 14.8. The molecule has 116 valence electrons. The van der Waals surface area contributed by atoms with Gasteiger partial charge in [-0.1, -0.05) is 6.92 Å². The molecule has 0 bridgehead atoms. The number of anilines is 1. The van der Waals surface area contributed by atoms with E-state index in [-0.39, 0.29) is 11.7 Å². The Hall–Kier alpha value is -2.08. The van der Waals surface area contributed by atoms with Crippen LogP contribution in [0.15, 0.2) is 22.8 Å². The highest BCUT2D eigenvalue weighted by atomic mass is 32.1. The molecule has 5 nitrogen and oxygen atoms in total. The average molecular weight is 319 g/mol. The van der Waals surface area contributed by atoms with E-state index in [1.165, 1.54) is 24.7 Å². The molecule has 2 aromatic rings. The number of hydrogen-bond acceptors (Lipinski definition) is 5. The van der Waals surface area contributed by atoms with Gasteiger partial charge in [-0.25, -0.2) is 4.79 Å². The number of ether oxygens (including phenoxy) is 1. The highest BCUT2D eigenvalue weighted by molar-refractivity contribution is 7.17. The summed E-state index contributed by atoms with van der Waals surface area (Å²) in [4.78, 5) is 25.5. The minimum absolute atomic E-state index is 0.218. The Kier molecular flexibility index (Phi) is 4.02. The molecule has 6 heteroatoms. The number of rotatable bonds is 3. The third kappa shape index (κ3) is 2.66. The molecule has 0 aliphatic heterocycles. The molecule has 0 fully saturated rings. The average Bonchev–Trinajstić information content (AvgIpc) is 3.13. The van der Waals surface area contributed by atoms with Crippen molar-refractivity contribution >= 4 is 28.2 Å². The van der Waals surface area contributed by atoms with Crippen molar-refractivity contribution < 1.29 is 18.7 Å². The third-order valence-electron chi connectivity index (χ3n) is 3.87. The topological polar surface area (TPSA) is 68.5 Å². The second kappa shape index (κ2) is 5.96. The fourth-order valence-corrected chi connectivity index (χ4v) is 4.12. The van der Waals surface area contributed by atoms with E-state index in [9.17, 15) is 9.59 Å². The molecule has 1 aliphatic carbocycles. The molecule has 0 radical (unpaired) electrons. The maximum absolute atomic E-state index is 12.2. The maximum atomic E-state index is 12.2. The second-order valence-corrected chi connectivity index (χ2v) is 6.58. The number of hydrogen-bond donors (Lipinski definition) is 1. The number of nitrogens with one attached hydrogen (secondary N) is 1. The summed E-state index contributed by atoms with van der Waals surface area (Å²) in [5.41, 5.74) is 1.51. The monoisotopic (exact) mass is 319 g/mol. The molecular weight excluding hydrogens is 302 g/mol. The highest BCUT2D eigenvalue weighted by Gasteiger charge is 2.29. The van der Waals surface area contributed by atoms with Gasteiger partial charge in [0.05, 0.1) is 18.9 Å². The highest BCUT2D eigenvalue weighted by Crippen LogP contribution is 2.40. The SMILES string of the molecule is COC(=O)c1c(NC(=O)c2ccco2)sc2c1CC[C@@H](C)C2. The number of methoxy groups -OCH3 is 1. The summed E-state index contributed by atoms with van der Waals surface area (Å²) < 4.78 is 9.98. The van der Waals surface area contributed by atoms with Crippen molar-refractivity contribution in [2.24, 2.45) is 5.92 Å². The molecule has 1 amide bonds. The van der Waals surface area contributed by atoms with Gasteiger partial charge in [0, 0.05) is 4.88 Å². The van der Waals surface area contributed by atoms with Crippen LogP contribution in [0.5, 0.6) is 0 Å². The smallest absolute Gasteiger partial charge is 0.341 e. The minimum atomic E-state index is -0.401. The van der Waals surface area contributed by atoms with Crippen molar-refractivity contribution in [2.75, 3.05) is 12.4 Å². The Labute approximate surface area is 132 Å². The van der Waals surface area contributed by atoms with Crippen LogP contribution in [0, 0.1) is 5.92 Å². The number of furan rings is 1. The van der Waals surface area contributed by atoms with Gasteiger partial charge in [0.15, 0.2) is 5.76 Å². The molecule has 1 atom stereocenters. The lowest BCUT2D eigenvalue weighted by atomic mass is 9.88. The van der Waals surface area contributed by atoms with Crippen LogP contribution in [-0.2, 0) is 17.6 Å². The summed E-state index contributed by atoms with van der Waals surface area (Å²) >= 11 is 1.46. The normalized spacial score (nSPS) is 16.9. The van der Waals surface area contributed by atoms with Crippen LogP contribution >= 0.6 is 11.3 Å². The van der Waals surface area contributed by atoms with Crippen LogP contribution in [0.1, 0.15) is 44.7 Å². The van der Waals surface area contributed by atoms with Gasteiger partial charge in [-0.15, -0.1) is 11.3 Å². The van der Waals surface area contributed by atoms with E-state index in [0.29, 0.717) is 16.5 Å². The Morgan fingerprint density at radius 3 is 2.95 bits per heavy atom. The van der Waals surface area contributed by atoms with Gasteiger partial charge in [0.2, 0.25) is 0 Å². The maximum Gasteiger partial charge on any atom is 0.341 e. The van der Waals surface area contributed by atoms with E-state index in [0.717, 1.165) is 29.7 Å². The van der Waals surface area contributed by atoms with E-state index in [1.807, 2.05) is 0 Å². The first-order chi connectivity index (χ1) is 10.6. The Morgan fingerprint density at radius 1 is 1.45 bits per heavy atom. The zero-order valence-corrected chi connectivity index (χ0v) is 13.3. The van der Waals surface area contributed by atoms with Crippen LogP contribution in [0.2, 0.25) is 0 Å². The van der Waals surface area contributed by atoms with E-state index in [1.54, 1.807) is 12.1 Å². The molecule has 1 aliphatic rings. The van der Waals surface area contributed by atoms with Gasteiger partial charge < -0.3 is 14.5 Å². The Morgan fingerprint density at radius 2 is 2.27 bits per heavy atom. The van der Waals surface area contributed by atoms with Crippen molar-refractivity contribution in [3.8, 4) is 0 Å². The van der Waals surface area contributed by atoms with Crippen molar-refractivity contribution in [2.45, 2.75) is 26.2 Å². The molecule has 0 spiro atoms. The standard InChI is InChI=1S/C16H17NO4S/c1-9-5-6-10-12(8-9)22-15(13(10)16(19)20-2)17-14(18)11-4-3-7-21-11/h3-4,7,9H,5-6,8H2,1-2H3,(H,17,18)/t9-/m1/s1. The summed E-state index contributed by atoms with van der Waals surface area (Å²) in [6, 6.07) is 3.24. The third-order valence-corrected chi connectivity index (χ3v) is 5.04. The van der Waals surface area contributed by atoms with E-state index >= 15 is 0 Å². The molecule has 2 heterocycles. The number of carbonyl (C=O) groups excluding carboxylic acids is 2. The zero-order chi connectivity index (χ0) is 15.7. The molecular formula is C16H17NO4S. The van der Waals surface area contributed by atoms with Crippen molar-refractivity contribution in [3.63, 3.8) is 0 Å². The van der Waals surface area contributed by atoms with Crippen LogP contribution in [0.3, 0.4) is 0 Å². The summed E-state index contributed by atoms with van der Waals surface area (Å²) in [5, 5.41) is 3.33. The predicted octanol–water partition coefficient (Wildman–Crippen LogP) is 3.50. The van der Waals surface area contributed by atoms with E-state index < -0.39 is 5.97 Å². The lowest BCUT2D eigenvalue weighted by molar-refractivity contribution is 0.0601. The quantitative estimate of drug-likeness (QED) is 0.879. The number of esters is 1. The lowest BCUT2D eigenvalue weighted by Gasteiger charge is -2.18. The van der Waals surface area contributed by atoms with E-state index in [2.05, 4.69) is 12.2 Å². The number of amides is 1. The van der Waals surface area contributed by atoms with Gasteiger partial charge in [-0.2, -0.15) is 0 Å². The molecule has 0 unspecified atom stereocenters. The van der Waals surface area contributed by atoms with Crippen LogP contribution in [-0.4, -0.2) is 19.0 Å². The van der Waals surface area contributed by atoms with Gasteiger partial charge in [-0.05, 0) is 42.9 Å². The second-order valence-electron chi connectivity index (χ2n) is 5.48. The van der Waals surface area contributed by atoms with Crippen LogP contribution in [0.25, 0.3) is 0 Å². The van der Waals surface area contributed by atoms with E-state index in [4.69, 9.17) is 9.15 Å². The van der Waals surface area contributed by atoms with Crippen LogP contribution in [0.4, 0.5) is 5.00 Å². The van der Waals surface area contributed by atoms with Gasteiger partial charge in [-0.3, -0.25) is 4.79 Å². The first-order valence-electron chi connectivity index (χ1n) is 7.17. The molecule has 0 aromatic carbocycles. The van der Waals surface area contributed by atoms with Crippen molar-refractivity contribution in [1.82, 2.24) is 0 Å². The van der Waals surface area contributed by atoms with Crippen molar-refractivity contribution in [3.05, 3.63) is 40.2 Å². The fourth-order valence-electron chi connectivity index (χ4n) is 2.73. The largest absolute Gasteiger partial charge is 0.465 e. The lowest BCUT2D eigenvalue weighted by Crippen LogP contribution is -2.15. The number of thiophene rings is 1. The summed E-state index contributed by atoms with van der Waals surface area (Å²) in [5.74, 6) is 0.0458. The fraction of sp³-hybridized carbons (Fsp3) is 0.375. The Bertz CT molecular complexity index is 702. The number of carbonyl (C=O) groups is 2. The predicted molar refractivity (Wildman–Crippen MR) is 83.5 cm³/mol. The molecule has 2 aromatic heterocycles. The van der Waals surface area contributed by atoms with Gasteiger partial charge >= 0.3 is 5.97 Å². The summed E-state index contributed by atoms with van der Waals surface area (Å²) in [6.45, 7) is 2.20. The van der Waals surface area contributed by atoms with Crippen molar-refractivity contribution in [1.29, 1.82) is 0 Å². The number of fused-ring (bicyclic) bond motifs is 1. The molecule has 22 heavy (non-hydrogen) atoms.